The van der Waals surface area contributed by atoms with Gasteiger partial charge in [0, 0.05) is 16.4 Å². The van der Waals surface area contributed by atoms with Crippen molar-refractivity contribution in [2.45, 2.75) is 31.9 Å². The highest BCUT2D eigenvalue weighted by atomic mass is 79.9. The minimum absolute atomic E-state index is 0.276. The van der Waals surface area contributed by atoms with Gasteiger partial charge in [-0.25, -0.2) is 4.39 Å². The molecule has 1 atom stereocenters. The van der Waals surface area contributed by atoms with Crippen LogP contribution in [0.5, 0.6) is 0 Å². The van der Waals surface area contributed by atoms with Crippen LogP contribution in [0.1, 0.15) is 19.4 Å². The van der Waals surface area contributed by atoms with Crippen LogP contribution in [0.25, 0.3) is 0 Å². The SMILES string of the molecule is CN(C)C(C)(C)C(O)Cc1ccc(F)cc1Br. The maximum absolute atomic E-state index is 12.9. The van der Waals surface area contributed by atoms with Gasteiger partial charge in [0.05, 0.1) is 6.10 Å². The molecule has 17 heavy (non-hydrogen) atoms. The highest BCUT2D eigenvalue weighted by Crippen LogP contribution is 2.24. The van der Waals surface area contributed by atoms with Gasteiger partial charge in [-0.05, 0) is 45.6 Å². The molecular weight excluding hydrogens is 285 g/mol. The summed E-state index contributed by atoms with van der Waals surface area (Å²) in [7, 11) is 3.87. The Morgan fingerprint density at radius 3 is 2.47 bits per heavy atom. The molecule has 0 aliphatic rings. The van der Waals surface area contributed by atoms with E-state index < -0.39 is 6.10 Å². The normalized spacial score (nSPS) is 14.1. The Balaban J connectivity index is 2.84. The molecule has 0 saturated carbocycles. The van der Waals surface area contributed by atoms with Crippen LogP contribution in [0.15, 0.2) is 22.7 Å². The number of hydrogen-bond donors (Lipinski definition) is 1. The molecule has 0 aliphatic heterocycles. The number of likely N-dealkylation sites (N-methyl/N-ethyl adjacent to an activating group) is 1. The maximum Gasteiger partial charge on any atom is 0.124 e. The van der Waals surface area contributed by atoms with Crippen LogP contribution in [0.4, 0.5) is 4.39 Å². The molecule has 0 aromatic heterocycles. The average molecular weight is 304 g/mol. The molecule has 0 radical (unpaired) electrons. The second-order valence-corrected chi connectivity index (χ2v) is 5.86. The molecule has 4 heteroatoms. The van der Waals surface area contributed by atoms with Crippen LogP contribution in [0, 0.1) is 5.82 Å². The van der Waals surface area contributed by atoms with Gasteiger partial charge in [0.2, 0.25) is 0 Å². The zero-order valence-electron chi connectivity index (χ0n) is 10.7. The van der Waals surface area contributed by atoms with E-state index in [-0.39, 0.29) is 11.4 Å². The van der Waals surface area contributed by atoms with Gasteiger partial charge in [0.15, 0.2) is 0 Å². The van der Waals surface area contributed by atoms with E-state index in [1.807, 2.05) is 32.8 Å². The summed E-state index contributed by atoms with van der Waals surface area (Å²) in [5, 5.41) is 10.2. The third kappa shape index (κ3) is 3.50. The fraction of sp³-hybridized carbons (Fsp3) is 0.538. The summed E-state index contributed by atoms with van der Waals surface area (Å²) in [6.45, 7) is 3.96. The quantitative estimate of drug-likeness (QED) is 0.924. The fourth-order valence-electron chi connectivity index (χ4n) is 1.44. The standard InChI is InChI=1S/C13H19BrFNO/c1-13(2,16(3)4)12(17)7-9-5-6-10(15)8-11(9)14/h5-6,8,12,17H,7H2,1-4H3. The van der Waals surface area contributed by atoms with Crippen LogP contribution < -0.4 is 0 Å². The molecule has 2 nitrogen and oxygen atoms in total. The van der Waals surface area contributed by atoms with Crippen LogP contribution in [-0.4, -0.2) is 35.7 Å². The van der Waals surface area contributed by atoms with Gasteiger partial charge in [-0.1, -0.05) is 22.0 Å². The molecular formula is C13H19BrFNO. The Bertz CT molecular complexity index is 393. The van der Waals surface area contributed by atoms with Crippen molar-refractivity contribution < 1.29 is 9.50 Å². The van der Waals surface area contributed by atoms with Gasteiger partial charge in [0.25, 0.3) is 0 Å². The third-order valence-electron chi connectivity index (χ3n) is 3.40. The zero-order valence-corrected chi connectivity index (χ0v) is 12.3. The van der Waals surface area contributed by atoms with Crippen LogP contribution >= 0.6 is 15.9 Å². The minimum Gasteiger partial charge on any atom is -0.391 e. The first kappa shape index (κ1) is 14.6. The second kappa shape index (κ2) is 5.46. The van der Waals surface area contributed by atoms with Gasteiger partial charge in [-0.15, -0.1) is 0 Å². The van der Waals surface area contributed by atoms with Crippen molar-refractivity contribution in [1.82, 2.24) is 4.90 Å². The van der Waals surface area contributed by atoms with Crippen molar-refractivity contribution >= 4 is 15.9 Å². The predicted octanol–water partition coefficient (Wildman–Crippen LogP) is 2.83. The van der Waals surface area contributed by atoms with Crippen molar-refractivity contribution in [2.75, 3.05) is 14.1 Å². The molecule has 1 unspecified atom stereocenters. The lowest BCUT2D eigenvalue weighted by Gasteiger charge is -2.37. The Labute approximate surface area is 111 Å². The van der Waals surface area contributed by atoms with Crippen molar-refractivity contribution in [1.29, 1.82) is 0 Å². The third-order valence-corrected chi connectivity index (χ3v) is 4.13. The molecule has 0 heterocycles. The summed E-state index contributed by atoms with van der Waals surface area (Å²) in [4.78, 5) is 1.98. The number of benzene rings is 1. The summed E-state index contributed by atoms with van der Waals surface area (Å²) >= 11 is 3.31. The van der Waals surface area contributed by atoms with Crippen molar-refractivity contribution in [2.24, 2.45) is 0 Å². The van der Waals surface area contributed by atoms with Crippen LogP contribution in [0.3, 0.4) is 0 Å². The Morgan fingerprint density at radius 2 is 2.00 bits per heavy atom. The number of hydrogen-bond acceptors (Lipinski definition) is 2. The number of aliphatic hydroxyl groups excluding tert-OH is 1. The molecule has 1 rings (SSSR count). The molecule has 1 aromatic carbocycles. The Kier molecular flexibility index (Phi) is 4.69. The summed E-state index contributed by atoms with van der Waals surface area (Å²) < 4.78 is 13.6. The van der Waals surface area contributed by atoms with E-state index in [1.54, 1.807) is 6.07 Å². The first-order valence-electron chi connectivity index (χ1n) is 5.54. The molecule has 0 aliphatic carbocycles. The van der Waals surface area contributed by atoms with E-state index in [9.17, 15) is 9.50 Å². The molecule has 0 spiro atoms. The van der Waals surface area contributed by atoms with E-state index >= 15 is 0 Å². The molecule has 0 bridgehead atoms. The predicted molar refractivity (Wildman–Crippen MR) is 71.6 cm³/mol. The fourth-order valence-corrected chi connectivity index (χ4v) is 1.96. The molecule has 0 saturated heterocycles. The summed E-state index contributed by atoms with van der Waals surface area (Å²) in [6, 6.07) is 4.54. The van der Waals surface area contributed by atoms with Gasteiger partial charge in [0.1, 0.15) is 5.82 Å². The van der Waals surface area contributed by atoms with E-state index in [4.69, 9.17) is 0 Å². The zero-order chi connectivity index (χ0) is 13.2. The van der Waals surface area contributed by atoms with Crippen molar-refractivity contribution in [3.63, 3.8) is 0 Å². The lowest BCUT2D eigenvalue weighted by molar-refractivity contribution is 0.0181. The van der Waals surface area contributed by atoms with Crippen molar-refractivity contribution in [3.05, 3.63) is 34.1 Å². The molecule has 1 N–H and O–H groups in total. The van der Waals surface area contributed by atoms with E-state index in [0.29, 0.717) is 10.9 Å². The van der Waals surface area contributed by atoms with Gasteiger partial charge in [-0.2, -0.15) is 0 Å². The Morgan fingerprint density at radius 1 is 1.41 bits per heavy atom. The van der Waals surface area contributed by atoms with Crippen LogP contribution in [0.2, 0.25) is 0 Å². The van der Waals surface area contributed by atoms with Gasteiger partial charge >= 0.3 is 0 Å². The highest BCUT2D eigenvalue weighted by Gasteiger charge is 2.30. The van der Waals surface area contributed by atoms with E-state index in [2.05, 4.69) is 15.9 Å². The Hall–Kier alpha value is -0.450. The van der Waals surface area contributed by atoms with E-state index in [0.717, 1.165) is 5.56 Å². The number of halogens is 2. The molecule has 1 aromatic rings. The number of nitrogens with zero attached hydrogens (tertiary/aromatic N) is 1. The van der Waals surface area contributed by atoms with Gasteiger partial charge < -0.3 is 10.0 Å². The van der Waals surface area contributed by atoms with Gasteiger partial charge in [-0.3, -0.25) is 0 Å². The molecule has 0 fully saturated rings. The molecule has 96 valence electrons. The molecule has 0 amide bonds. The summed E-state index contributed by atoms with van der Waals surface area (Å²) in [5.74, 6) is -0.276. The van der Waals surface area contributed by atoms with Crippen molar-refractivity contribution in [3.8, 4) is 0 Å². The lowest BCUT2D eigenvalue weighted by atomic mass is 9.91. The summed E-state index contributed by atoms with van der Waals surface area (Å²) in [6.07, 6.45) is -0.0225. The smallest absolute Gasteiger partial charge is 0.124 e. The number of aliphatic hydroxyl groups is 1. The highest BCUT2D eigenvalue weighted by molar-refractivity contribution is 9.10. The van der Waals surface area contributed by atoms with Crippen LogP contribution in [-0.2, 0) is 6.42 Å². The second-order valence-electron chi connectivity index (χ2n) is 5.00. The first-order chi connectivity index (χ1) is 7.75. The first-order valence-corrected chi connectivity index (χ1v) is 6.34. The number of rotatable bonds is 4. The average Bonchev–Trinajstić information content (AvgIpc) is 2.21. The topological polar surface area (TPSA) is 23.5 Å². The maximum atomic E-state index is 12.9. The minimum atomic E-state index is -0.515. The lowest BCUT2D eigenvalue weighted by Crippen LogP contribution is -2.49. The largest absolute Gasteiger partial charge is 0.391 e. The van der Waals surface area contributed by atoms with E-state index in [1.165, 1.54) is 12.1 Å². The monoisotopic (exact) mass is 303 g/mol. The summed E-state index contributed by atoms with van der Waals surface area (Å²) in [5.41, 5.74) is 0.585.